The van der Waals surface area contributed by atoms with Crippen LogP contribution >= 0.6 is 11.8 Å². The first-order valence-electron chi connectivity index (χ1n) is 7.25. The molecule has 0 bridgehead atoms. The van der Waals surface area contributed by atoms with E-state index in [2.05, 4.69) is 31.2 Å². The number of amides is 1. The van der Waals surface area contributed by atoms with Gasteiger partial charge in [0.25, 0.3) is 0 Å². The van der Waals surface area contributed by atoms with Crippen molar-refractivity contribution in [1.82, 2.24) is 4.90 Å². The number of aliphatic hydroxyl groups is 1. The third-order valence-corrected chi connectivity index (χ3v) is 4.63. The minimum atomic E-state index is -0.243. The second-order valence-electron chi connectivity index (χ2n) is 5.51. The summed E-state index contributed by atoms with van der Waals surface area (Å²) in [6, 6.07) is 8.47. The predicted molar refractivity (Wildman–Crippen MR) is 85.3 cm³/mol. The SMILES string of the molecule is Cc1ccc(CSCC(=O)N2CC(CO)OCC2C)cc1. The second-order valence-corrected chi connectivity index (χ2v) is 6.50. The van der Waals surface area contributed by atoms with Gasteiger partial charge in [-0.25, -0.2) is 0 Å². The maximum atomic E-state index is 12.3. The summed E-state index contributed by atoms with van der Waals surface area (Å²) in [5.74, 6) is 1.44. The molecule has 21 heavy (non-hydrogen) atoms. The fourth-order valence-electron chi connectivity index (χ4n) is 2.30. The van der Waals surface area contributed by atoms with Crippen LogP contribution in [0.2, 0.25) is 0 Å². The third kappa shape index (κ3) is 4.73. The van der Waals surface area contributed by atoms with Crippen molar-refractivity contribution in [2.24, 2.45) is 0 Å². The topological polar surface area (TPSA) is 49.8 Å². The molecule has 1 aliphatic heterocycles. The van der Waals surface area contributed by atoms with Crippen LogP contribution in [-0.4, -0.2) is 53.6 Å². The van der Waals surface area contributed by atoms with Gasteiger partial charge in [0.2, 0.25) is 5.91 Å². The van der Waals surface area contributed by atoms with Gasteiger partial charge < -0.3 is 14.7 Å². The fourth-order valence-corrected chi connectivity index (χ4v) is 3.17. The van der Waals surface area contributed by atoms with Crippen LogP contribution in [0.5, 0.6) is 0 Å². The van der Waals surface area contributed by atoms with Crippen molar-refractivity contribution in [2.75, 3.05) is 25.5 Å². The average molecular weight is 309 g/mol. The van der Waals surface area contributed by atoms with Crippen LogP contribution in [0.1, 0.15) is 18.1 Å². The van der Waals surface area contributed by atoms with E-state index in [1.54, 1.807) is 11.8 Å². The van der Waals surface area contributed by atoms with Crippen LogP contribution in [0.3, 0.4) is 0 Å². The number of thioether (sulfide) groups is 1. The minimum absolute atomic E-state index is 0.0347. The van der Waals surface area contributed by atoms with Gasteiger partial charge in [-0.3, -0.25) is 4.79 Å². The quantitative estimate of drug-likeness (QED) is 0.901. The van der Waals surface area contributed by atoms with Gasteiger partial charge in [0.15, 0.2) is 0 Å². The number of hydrogen-bond donors (Lipinski definition) is 1. The van der Waals surface area contributed by atoms with E-state index in [0.717, 1.165) is 5.75 Å². The number of aryl methyl sites for hydroxylation is 1. The Bertz CT molecular complexity index is 463. The molecule has 2 rings (SSSR count). The number of rotatable bonds is 5. The van der Waals surface area contributed by atoms with Crippen molar-refractivity contribution in [3.63, 3.8) is 0 Å². The van der Waals surface area contributed by atoms with Gasteiger partial charge in [-0.05, 0) is 19.4 Å². The summed E-state index contributed by atoms with van der Waals surface area (Å²) in [5, 5.41) is 9.16. The summed E-state index contributed by atoms with van der Waals surface area (Å²) < 4.78 is 5.45. The Morgan fingerprint density at radius 1 is 1.43 bits per heavy atom. The summed E-state index contributed by atoms with van der Waals surface area (Å²) in [7, 11) is 0. The van der Waals surface area contributed by atoms with E-state index in [0.29, 0.717) is 18.9 Å². The maximum Gasteiger partial charge on any atom is 0.232 e. The largest absolute Gasteiger partial charge is 0.394 e. The average Bonchev–Trinajstić information content (AvgIpc) is 2.49. The summed E-state index contributed by atoms with van der Waals surface area (Å²) in [6.07, 6.45) is -0.243. The molecule has 116 valence electrons. The molecule has 0 aliphatic carbocycles. The third-order valence-electron chi connectivity index (χ3n) is 3.64. The number of nitrogens with zero attached hydrogens (tertiary/aromatic N) is 1. The zero-order valence-electron chi connectivity index (χ0n) is 12.6. The van der Waals surface area contributed by atoms with Gasteiger partial charge >= 0.3 is 0 Å². The van der Waals surface area contributed by atoms with Crippen LogP contribution in [0.25, 0.3) is 0 Å². The lowest BCUT2D eigenvalue weighted by atomic mass is 10.2. The standard InChI is InChI=1S/C16H23NO3S/c1-12-3-5-14(6-4-12)10-21-11-16(19)17-7-15(8-18)20-9-13(17)2/h3-6,13,15,18H,7-11H2,1-2H3. The molecule has 2 atom stereocenters. The molecule has 1 amide bonds. The van der Waals surface area contributed by atoms with Crippen LogP contribution < -0.4 is 0 Å². The first kappa shape index (κ1) is 16.3. The lowest BCUT2D eigenvalue weighted by molar-refractivity contribution is -0.143. The molecule has 1 fully saturated rings. The van der Waals surface area contributed by atoms with Crippen molar-refractivity contribution >= 4 is 17.7 Å². The monoisotopic (exact) mass is 309 g/mol. The summed E-state index contributed by atoms with van der Waals surface area (Å²) in [6.45, 7) is 5.00. The maximum absolute atomic E-state index is 12.3. The highest BCUT2D eigenvalue weighted by molar-refractivity contribution is 7.99. The van der Waals surface area contributed by atoms with Gasteiger partial charge in [0.05, 0.1) is 31.1 Å². The van der Waals surface area contributed by atoms with E-state index >= 15 is 0 Å². The van der Waals surface area contributed by atoms with Crippen LogP contribution in [-0.2, 0) is 15.3 Å². The normalized spacial score (nSPS) is 22.3. The van der Waals surface area contributed by atoms with Crippen molar-refractivity contribution in [3.05, 3.63) is 35.4 Å². The Morgan fingerprint density at radius 3 is 2.81 bits per heavy atom. The Morgan fingerprint density at radius 2 is 2.14 bits per heavy atom. The number of ether oxygens (including phenoxy) is 1. The van der Waals surface area contributed by atoms with E-state index in [-0.39, 0.29) is 24.7 Å². The van der Waals surface area contributed by atoms with E-state index in [4.69, 9.17) is 9.84 Å². The number of aliphatic hydroxyl groups excluding tert-OH is 1. The molecule has 4 nitrogen and oxygen atoms in total. The van der Waals surface area contributed by atoms with Gasteiger partial charge in [-0.15, -0.1) is 11.8 Å². The summed E-state index contributed by atoms with van der Waals surface area (Å²) in [4.78, 5) is 14.1. The molecule has 1 aliphatic rings. The lowest BCUT2D eigenvalue weighted by Crippen LogP contribution is -2.52. The molecular formula is C16H23NO3S. The van der Waals surface area contributed by atoms with E-state index in [1.165, 1.54) is 11.1 Å². The molecular weight excluding hydrogens is 286 g/mol. The molecule has 0 saturated carbocycles. The molecule has 1 heterocycles. The van der Waals surface area contributed by atoms with Crippen molar-refractivity contribution in [2.45, 2.75) is 31.7 Å². The zero-order chi connectivity index (χ0) is 15.2. The van der Waals surface area contributed by atoms with Crippen LogP contribution in [0.4, 0.5) is 0 Å². The summed E-state index contributed by atoms with van der Waals surface area (Å²) in [5.41, 5.74) is 2.48. The second kappa shape index (κ2) is 7.82. The highest BCUT2D eigenvalue weighted by Gasteiger charge is 2.28. The number of morpholine rings is 1. The van der Waals surface area contributed by atoms with Crippen molar-refractivity contribution in [3.8, 4) is 0 Å². The number of benzene rings is 1. The first-order chi connectivity index (χ1) is 10.1. The fraction of sp³-hybridized carbons (Fsp3) is 0.562. The van der Waals surface area contributed by atoms with Crippen molar-refractivity contribution < 1.29 is 14.6 Å². The van der Waals surface area contributed by atoms with Gasteiger partial charge in [-0.2, -0.15) is 0 Å². The highest BCUT2D eigenvalue weighted by atomic mass is 32.2. The Kier molecular flexibility index (Phi) is 6.08. The predicted octanol–water partition coefficient (Wildman–Crippen LogP) is 1.84. The smallest absolute Gasteiger partial charge is 0.232 e. The molecule has 1 aromatic rings. The zero-order valence-corrected chi connectivity index (χ0v) is 13.4. The number of carbonyl (C=O) groups is 1. The molecule has 0 aromatic heterocycles. The first-order valence-corrected chi connectivity index (χ1v) is 8.41. The Balaban J connectivity index is 1.79. The molecule has 1 aromatic carbocycles. The molecule has 0 spiro atoms. The minimum Gasteiger partial charge on any atom is -0.394 e. The van der Waals surface area contributed by atoms with Gasteiger partial charge in [0.1, 0.15) is 0 Å². The molecule has 0 radical (unpaired) electrons. The number of carbonyl (C=O) groups excluding carboxylic acids is 1. The van der Waals surface area contributed by atoms with E-state index in [1.807, 2.05) is 11.8 Å². The van der Waals surface area contributed by atoms with Crippen LogP contribution in [0.15, 0.2) is 24.3 Å². The molecule has 1 saturated heterocycles. The van der Waals surface area contributed by atoms with E-state index in [9.17, 15) is 4.79 Å². The Hall–Kier alpha value is -1.04. The molecule has 5 heteroatoms. The van der Waals surface area contributed by atoms with Gasteiger partial charge in [-0.1, -0.05) is 29.8 Å². The molecule has 1 N–H and O–H groups in total. The summed E-state index contributed by atoms with van der Waals surface area (Å²) >= 11 is 1.63. The highest BCUT2D eigenvalue weighted by Crippen LogP contribution is 2.17. The number of hydrogen-bond acceptors (Lipinski definition) is 4. The Labute approximate surface area is 130 Å². The lowest BCUT2D eigenvalue weighted by Gasteiger charge is -2.37. The van der Waals surface area contributed by atoms with Crippen molar-refractivity contribution in [1.29, 1.82) is 0 Å². The van der Waals surface area contributed by atoms with Crippen LogP contribution in [0, 0.1) is 6.92 Å². The van der Waals surface area contributed by atoms with E-state index < -0.39 is 0 Å². The molecule has 2 unspecified atom stereocenters. The van der Waals surface area contributed by atoms with Gasteiger partial charge in [0, 0.05) is 12.3 Å².